The minimum atomic E-state index is -0.745. The molecule has 1 heterocycles. The number of aryl methyl sites for hydroxylation is 2. The van der Waals surface area contributed by atoms with Crippen LogP contribution in [0.2, 0.25) is 0 Å². The molecule has 10 nitrogen and oxygen atoms in total. The maximum Gasteiger partial charge on any atom is 0.339 e. The summed E-state index contributed by atoms with van der Waals surface area (Å²) in [5, 5.41) is 17.7. The Kier molecular flexibility index (Phi) is 10.1. The Morgan fingerprint density at radius 2 is 1.84 bits per heavy atom. The molecule has 0 saturated carbocycles. The maximum absolute atomic E-state index is 12.5. The molecule has 0 bridgehead atoms. The summed E-state index contributed by atoms with van der Waals surface area (Å²) < 4.78 is 11.3. The van der Waals surface area contributed by atoms with E-state index < -0.39 is 17.9 Å². The Labute approximate surface area is 216 Å². The van der Waals surface area contributed by atoms with Crippen LogP contribution in [-0.2, 0) is 27.2 Å². The first-order valence-electron chi connectivity index (χ1n) is 12.9. The Hall–Kier alpha value is -3.40. The van der Waals surface area contributed by atoms with Crippen LogP contribution in [0.25, 0.3) is 11.0 Å². The molecule has 2 aromatic rings. The molecule has 37 heavy (non-hydrogen) atoms. The van der Waals surface area contributed by atoms with E-state index in [0.717, 1.165) is 42.2 Å². The summed E-state index contributed by atoms with van der Waals surface area (Å²) in [5.41, 5.74) is 2.58. The maximum atomic E-state index is 12.5. The van der Waals surface area contributed by atoms with Crippen molar-refractivity contribution in [2.75, 3.05) is 26.3 Å². The van der Waals surface area contributed by atoms with Gasteiger partial charge in [-0.2, -0.15) is 0 Å². The van der Waals surface area contributed by atoms with Crippen LogP contribution in [0.1, 0.15) is 56.2 Å². The molecule has 0 spiro atoms. The van der Waals surface area contributed by atoms with Gasteiger partial charge in [-0.1, -0.05) is 20.3 Å². The van der Waals surface area contributed by atoms with E-state index >= 15 is 0 Å². The highest BCUT2D eigenvalue weighted by Crippen LogP contribution is 2.32. The van der Waals surface area contributed by atoms with E-state index in [2.05, 4.69) is 16.0 Å². The van der Waals surface area contributed by atoms with Gasteiger partial charge in [0.05, 0.1) is 6.54 Å². The Balaban J connectivity index is 1.56. The monoisotopic (exact) mass is 515 g/mol. The highest BCUT2D eigenvalue weighted by atomic mass is 16.5. The van der Waals surface area contributed by atoms with E-state index in [4.69, 9.17) is 14.3 Å². The molecule has 0 aliphatic heterocycles. The third-order valence-corrected chi connectivity index (χ3v) is 6.84. The molecule has 202 valence electrons. The fourth-order valence-corrected chi connectivity index (χ4v) is 4.48. The van der Waals surface area contributed by atoms with Crippen LogP contribution >= 0.6 is 0 Å². The average Bonchev–Trinajstić information content (AvgIpc) is 2.90. The van der Waals surface area contributed by atoms with Crippen molar-refractivity contribution in [3.63, 3.8) is 0 Å². The molecule has 2 unspecified atom stereocenters. The van der Waals surface area contributed by atoms with Gasteiger partial charge >= 0.3 is 5.63 Å². The van der Waals surface area contributed by atoms with Crippen LogP contribution < -0.4 is 26.3 Å². The zero-order chi connectivity index (χ0) is 26.9. The Morgan fingerprint density at radius 1 is 1.11 bits per heavy atom. The van der Waals surface area contributed by atoms with E-state index in [1.165, 1.54) is 0 Å². The Morgan fingerprint density at radius 3 is 2.54 bits per heavy atom. The van der Waals surface area contributed by atoms with Gasteiger partial charge in [0.1, 0.15) is 17.4 Å². The van der Waals surface area contributed by atoms with Crippen molar-refractivity contribution in [2.24, 2.45) is 5.92 Å². The summed E-state index contributed by atoms with van der Waals surface area (Å²) in [6.45, 7) is 5.19. The lowest BCUT2D eigenvalue weighted by Gasteiger charge is -2.23. The predicted octanol–water partition coefficient (Wildman–Crippen LogP) is 1.50. The van der Waals surface area contributed by atoms with Crippen LogP contribution in [-0.4, -0.2) is 55.2 Å². The van der Waals surface area contributed by atoms with Gasteiger partial charge in [-0.3, -0.25) is 14.4 Å². The van der Waals surface area contributed by atoms with Crippen LogP contribution in [0, 0.1) is 12.8 Å². The second kappa shape index (κ2) is 13.2. The molecule has 0 fully saturated rings. The van der Waals surface area contributed by atoms with E-state index in [1.54, 1.807) is 13.0 Å². The SMILES string of the molecule is CCC(C)C(NC(=O)CNC(=O)COc1ccc2c3c(c(=O)oc2c1C)CCCC3)C(=O)NCCCO. The van der Waals surface area contributed by atoms with Crippen molar-refractivity contribution < 1.29 is 28.6 Å². The number of hydrogen-bond acceptors (Lipinski definition) is 7. The van der Waals surface area contributed by atoms with Crippen molar-refractivity contribution in [1.82, 2.24) is 16.0 Å². The molecule has 0 saturated heterocycles. The number of rotatable bonds is 12. The molecule has 1 aromatic heterocycles. The van der Waals surface area contributed by atoms with Gasteiger partial charge in [0.2, 0.25) is 11.8 Å². The van der Waals surface area contributed by atoms with Crippen LogP contribution in [0.5, 0.6) is 5.75 Å². The van der Waals surface area contributed by atoms with E-state index in [0.29, 0.717) is 36.3 Å². The molecule has 10 heteroatoms. The number of aliphatic hydroxyl groups excluding tert-OH is 1. The highest BCUT2D eigenvalue weighted by Gasteiger charge is 2.26. The van der Waals surface area contributed by atoms with Crippen molar-refractivity contribution in [2.45, 2.75) is 65.3 Å². The number of carbonyl (C=O) groups is 3. The molecular weight excluding hydrogens is 478 g/mol. The first-order valence-corrected chi connectivity index (χ1v) is 12.9. The van der Waals surface area contributed by atoms with Crippen molar-refractivity contribution in [3.05, 3.63) is 39.2 Å². The molecule has 0 radical (unpaired) electrons. The number of amides is 3. The first-order chi connectivity index (χ1) is 17.8. The van der Waals surface area contributed by atoms with E-state index in [1.807, 2.05) is 19.9 Å². The minimum absolute atomic E-state index is 0.0378. The molecule has 1 aliphatic rings. The lowest BCUT2D eigenvalue weighted by Crippen LogP contribution is -2.52. The average molecular weight is 516 g/mol. The summed E-state index contributed by atoms with van der Waals surface area (Å²) in [4.78, 5) is 49.6. The quantitative estimate of drug-likeness (QED) is 0.247. The number of fused-ring (bicyclic) bond motifs is 3. The van der Waals surface area contributed by atoms with Gasteiger partial charge in [-0.25, -0.2) is 4.79 Å². The number of ether oxygens (including phenoxy) is 1. The normalized spacial score (nSPS) is 14.4. The lowest BCUT2D eigenvalue weighted by atomic mass is 9.90. The first kappa shape index (κ1) is 28.2. The number of aliphatic hydroxyl groups is 1. The zero-order valence-corrected chi connectivity index (χ0v) is 21.8. The highest BCUT2D eigenvalue weighted by molar-refractivity contribution is 5.90. The van der Waals surface area contributed by atoms with Crippen molar-refractivity contribution >= 4 is 28.7 Å². The summed E-state index contributed by atoms with van der Waals surface area (Å²) in [6, 6.07) is 2.88. The zero-order valence-electron chi connectivity index (χ0n) is 21.8. The Bertz CT molecular complexity index is 1190. The number of benzene rings is 1. The van der Waals surface area contributed by atoms with Crippen LogP contribution in [0.3, 0.4) is 0 Å². The standard InChI is InChI=1S/C27H37N3O7/c1-4-16(2)24(26(34)28-12-7-13-31)30-22(32)14-29-23(33)15-36-21-11-10-19-18-8-5-6-9-20(18)27(35)37-25(19)17(21)3/h10-11,16,24,31H,4-9,12-15H2,1-3H3,(H,28,34)(H,29,33)(H,30,32). The minimum Gasteiger partial charge on any atom is -0.483 e. The number of carbonyl (C=O) groups excluding carboxylic acids is 3. The summed E-state index contributed by atoms with van der Waals surface area (Å²) in [5.74, 6) is -1.02. The summed E-state index contributed by atoms with van der Waals surface area (Å²) >= 11 is 0. The third-order valence-electron chi connectivity index (χ3n) is 6.84. The van der Waals surface area contributed by atoms with E-state index in [9.17, 15) is 19.2 Å². The van der Waals surface area contributed by atoms with Crippen LogP contribution in [0.4, 0.5) is 0 Å². The van der Waals surface area contributed by atoms with Gasteiger partial charge < -0.3 is 30.2 Å². The van der Waals surface area contributed by atoms with Gasteiger partial charge in [0, 0.05) is 29.7 Å². The second-order valence-electron chi connectivity index (χ2n) is 9.48. The van der Waals surface area contributed by atoms with Gasteiger partial charge in [-0.05, 0) is 62.6 Å². The molecule has 3 rings (SSSR count). The number of nitrogens with one attached hydrogen (secondary N) is 3. The third kappa shape index (κ3) is 7.09. The molecule has 3 amide bonds. The van der Waals surface area contributed by atoms with Gasteiger partial charge in [-0.15, -0.1) is 0 Å². The largest absolute Gasteiger partial charge is 0.483 e. The smallest absolute Gasteiger partial charge is 0.339 e. The van der Waals surface area contributed by atoms with Gasteiger partial charge in [0.15, 0.2) is 6.61 Å². The lowest BCUT2D eigenvalue weighted by molar-refractivity contribution is -0.131. The summed E-state index contributed by atoms with van der Waals surface area (Å²) in [6.07, 6.45) is 4.67. The van der Waals surface area contributed by atoms with E-state index in [-0.39, 0.29) is 37.2 Å². The molecule has 2 atom stereocenters. The molecule has 1 aliphatic carbocycles. The van der Waals surface area contributed by atoms with Crippen LogP contribution in [0.15, 0.2) is 21.3 Å². The summed E-state index contributed by atoms with van der Waals surface area (Å²) in [7, 11) is 0. The van der Waals surface area contributed by atoms with Crippen molar-refractivity contribution in [1.29, 1.82) is 0 Å². The fraction of sp³-hybridized carbons (Fsp3) is 0.556. The predicted molar refractivity (Wildman–Crippen MR) is 138 cm³/mol. The number of hydrogen-bond donors (Lipinski definition) is 4. The fourth-order valence-electron chi connectivity index (χ4n) is 4.48. The topological polar surface area (TPSA) is 147 Å². The molecule has 1 aromatic carbocycles. The molecular formula is C27H37N3O7. The van der Waals surface area contributed by atoms with Crippen molar-refractivity contribution in [3.8, 4) is 5.75 Å². The molecule has 4 N–H and O–H groups in total. The second-order valence-corrected chi connectivity index (χ2v) is 9.48. The van der Waals surface area contributed by atoms with Gasteiger partial charge in [0.25, 0.3) is 5.91 Å².